The topological polar surface area (TPSA) is 69.6 Å². The summed E-state index contributed by atoms with van der Waals surface area (Å²) in [5.74, 6) is 0.190. The second-order valence-corrected chi connectivity index (χ2v) is 5.09. The van der Waals surface area contributed by atoms with Crippen molar-refractivity contribution in [1.29, 1.82) is 0 Å². The molecule has 3 atom stereocenters. The molecule has 2 amide bonds. The molecule has 0 aromatic carbocycles. The summed E-state index contributed by atoms with van der Waals surface area (Å²) in [7, 11) is 0. The fourth-order valence-corrected chi connectivity index (χ4v) is 2.47. The predicted octanol–water partition coefficient (Wildman–Crippen LogP) is -0.507. The van der Waals surface area contributed by atoms with Gasteiger partial charge in [0.2, 0.25) is 11.8 Å². The molecule has 2 rings (SSSR count). The third kappa shape index (κ3) is 1.91. The second kappa shape index (κ2) is 4.05. The quantitative estimate of drug-likeness (QED) is 0.666. The van der Waals surface area contributed by atoms with E-state index in [1.54, 1.807) is 0 Å². The van der Waals surface area contributed by atoms with E-state index in [-0.39, 0.29) is 11.8 Å². The van der Waals surface area contributed by atoms with Gasteiger partial charge in [0.1, 0.15) is 12.1 Å². The number of rotatable bonds is 2. The van der Waals surface area contributed by atoms with E-state index in [9.17, 15) is 14.7 Å². The van der Waals surface area contributed by atoms with Crippen LogP contribution < -0.4 is 5.32 Å². The van der Waals surface area contributed by atoms with E-state index >= 15 is 0 Å². The molecular formula is C11H18N2O3. The average molecular weight is 226 g/mol. The molecule has 0 radical (unpaired) electrons. The molecule has 5 heteroatoms. The highest BCUT2D eigenvalue weighted by Crippen LogP contribution is 2.24. The minimum atomic E-state index is -0.558. The lowest BCUT2D eigenvalue weighted by Crippen LogP contribution is -2.61. The normalized spacial score (nSPS) is 34.2. The monoisotopic (exact) mass is 226 g/mol. The Bertz CT molecular complexity index is 316. The number of fused-ring (bicyclic) bond motifs is 1. The van der Waals surface area contributed by atoms with Crippen LogP contribution in [0.3, 0.4) is 0 Å². The van der Waals surface area contributed by atoms with E-state index in [0.29, 0.717) is 25.3 Å². The van der Waals surface area contributed by atoms with Crippen LogP contribution in [-0.2, 0) is 9.59 Å². The molecule has 90 valence electrons. The standard InChI is InChI=1S/C11H18N2O3/c1-6(2)3-8-11(16)13-5-7(14)4-9(13)10(15)12-8/h6-9,14H,3-5H2,1-2H3,(H,12,15)/t7-,8-,9-/m0/s1. The first-order valence-electron chi connectivity index (χ1n) is 5.78. The zero-order valence-corrected chi connectivity index (χ0v) is 9.64. The Morgan fingerprint density at radius 3 is 2.81 bits per heavy atom. The van der Waals surface area contributed by atoms with Gasteiger partial charge in [-0.3, -0.25) is 9.59 Å². The molecule has 0 aromatic rings. The van der Waals surface area contributed by atoms with Crippen molar-refractivity contribution in [3.63, 3.8) is 0 Å². The molecule has 0 bridgehead atoms. The molecule has 2 saturated heterocycles. The average Bonchev–Trinajstić information content (AvgIpc) is 2.56. The molecule has 0 saturated carbocycles. The molecule has 2 heterocycles. The maximum Gasteiger partial charge on any atom is 0.245 e. The first kappa shape index (κ1) is 11.4. The van der Waals surface area contributed by atoms with Gasteiger partial charge in [-0.15, -0.1) is 0 Å². The number of hydrogen-bond donors (Lipinski definition) is 2. The number of hydrogen-bond acceptors (Lipinski definition) is 3. The van der Waals surface area contributed by atoms with Crippen LogP contribution in [-0.4, -0.2) is 46.6 Å². The maximum absolute atomic E-state index is 12.0. The van der Waals surface area contributed by atoms with Crippen LogP contribution in [0.25, 0.3) is 0 Å². The predicted molar refractivity (Wildman–Crippen MR) is 57.5 cm³/mol. The number of carbonyl (C=O) groups is 2. The van der Waals surface area contributed by atoms with E-state index in [2.05, 4.69) is 5.32 Å². The first-order valence-corrected chi connectivity index (χ1v) is 5.78. The van der Waals surface area contributed by atoms with Crippen LogP contribution in [0.1, 0.15) is 26.7 Å². The molecule has 2 aliphatic rings. The zero-order chi connectivity index (χ0) is 11.9. The van der Waals surface area contributed by atoms with Crippen molar-refractivity contribution >= 4 is 11.8 Å². The van der Waals surface area contributed by atoms with Gasteiger partial charge in [-0.25, -0.2) is 0 Å². The van der Waals surface area contributed by atoms with Gasteiger partial charge in [0.05, 0.1) is 6.10 Å². The summed E-state index contributed by atoms with van der Waals surface area (Å²) >= 11 is 0. The van der Waals surface area contributed by atoms with Crippen LogP contribution >= 0.6 is 0 Å². The zero-order valence-electron chi connectivity index (χ0n) is 9.64. The molecule has 16 heavy (non-hydrogen) atoms. The van der Waals surface area contributed by atoms with Gasteiger partial charge < -0.3 is 15.3 Å². The summed E-state index contributed by atoms with van der Waals surface area (Å²) in [6, 6.07) is -0.861. The minimum absolute atomic E-state index is 0.0464. The molecule has 2 aliphatic heterocycles. The van der Waals surface area contributed by atoms with E-state index in [1.807, 2.05) is 13.8 Å². The number of carbonyl (C=O) groups excluding carboxylic acids is 2. The second-order valence-electron chi connectivity index (χ2n) is 5.09. The van der Waals surface area contributed by atoms with Crippen LogP contribution in [0, 0.1) is 5.92 Å². The molecule has 0 unspecified atom stereocenters. The third-order valence-electron chi connectivity index (χ3n) is 3.19. The highest BCUT2D eigenvalue weighted by molar-refractivity contribution is 5.97. The van der Waals surface area contributed by atoms with Crippen molar-refractivity contribution in [2.24, 2.45) is 5.92 Å². The molecule has 0 aromatic heterocycles. The lowest BCUT2D eigenvalue weighted by molar-refractivity contribution is -0.147. The SMILES string of the molecule is CC(C)C[C@@H]1NC(=O)[C@@H]2C[C@H](O)CN2C1=O. The van der Waals surface area contributed by atoms with Gasteiger partial charge in [-0.2, -0.15) is 0 Å². The van der Waals surface area contributed by atoms with E-state index in [0.717, 1.165) is 0 Å². The highest BCUT2D eigenvalue weighted by atomic mass is 16.3. The molecule has 0 spiro atoms. The van der Waals surface area contributed by atoms with Gasteiger partial charge in [-0.1, -0.05) is 13.8 Å². The fraction of sp³-hybridized carbons (Fsp3) is 0.818. The van der Waals surface area contributed by atoms with Gasteiger partial charge in [0.15, 0.2) is 0 Å². The van der Waals surface area contributed by atoms with Crippen molar-refractivity contribution in [2.45, 2.75) is 44.9 Å². The number of piperazine rings is 1. The summed E-state index contributed by atoms with van der Waals surface area (Å²) in [5.41, 5.74) is 0. The Kier molecular flexibility index (Phi) is 2.88. The van der Waals surface area contributed by atoms with Crippen LogP contribution in [0.4, 0.5) is 0 Å². The molecule has 2 fully saturated rings. The Balaban J connectivity index is 2.12. The van der Waals surface area contributed by atoms with Gasteiger partial charge in [0, 0.05) is 13.0 Å². The van der Waals surface area contributed by atoms with Crippen molar-refractivity contribution in [1.82, 2.24) is 10.2 Å². The van der Waals surface area contributed by atoms with Crippen molar-refractivity contribution in [3.8, 4) is 0 Å². The summed E-state index contributed by atoms with van der Waals surface area (Å²) in [6.07, 6.45) is 0.466. The van der Waals surface area contributed by atoms with Crippen molar-refractivity contribution < 1.29 is 14.7 Å². The Labute approximate surface area is 94.8 Å². The molecule has 0 aliphatic carbocycles. The molecular weight excluding hydrogens is 208 g/mol. The van der Waals surface area contributed by atoms with Crippen molar-refractivity contribution in [3.05, 3.63) is 0 Å². The van der Waals surface area contributed by atoms with Gasteiger partial charge in [-0.05, 0) is 12.3 Å². The molecule has 5 nitrogen and oxygen atoms in total. The lowest BCUT2D eigenvalue weighted by atomic mass is 9.99. The summed E-state index contributed by atoms with van der Waals surface area (Å²) in [5, 5.41) is 12.2. The first-order chi connectivity index (χ1) is 7.49. The van der Waals surface area contributed by atoms with Crippen LogP contribution in [0.15, 0.2) is 0 Å². The fourth-order valence-electron chi connectivity index (χ4n) is 2.47. The number of nitrogens with zero attached hydrogens (tertiary/aromatic N) is 1. The number of aliphatic hydroxyl groups is 1. The van der Waals surface area contributed by atoms with Crippen molar-refractivity contribution in [2.75, 3.05) is 6.54 Å². The third-order valence-corrected chi connectivity index (χ3v) is 3.19. The van der Waals surface area contributed by atoms with Crippen LogP contribution in [0.2, 0.25) is 0 Å². The minimum Gasteiger partial charge on any atom is -0.391 e. The Morgan fingerprint density at radius 2 is 2.19 bits per heavy atom. The lowest BCUT2D eigenvalue weighted by Gasteiger charge is -2.35. The summed E-state index contributed by atoms with van der Waals surface area (Å²) < 4.78 is 0. The number of amides is 2. The number of aliphatic hydroxyl groups excluding tert-OH is 1. The Hall–Kier alpha value is -1.10. The number of nitrogens with one attached hydrogen (secondary N) is 1. The highest BCUT2D eigenvalue weighted by Gasteiger charge is 2.45. The molecule has 2 N–H and O–H groups in total. The van der Waals surface area contributed by atoms with Gasteiger partial charge >= 0.3 is 0 Å². The largest absolute Gasteiger partial charge is 0.391 e. The Morgan fingerprint density at radius 1 is 1.50 bits per heavy atom. The van der Waals surface area contributed by atoms with Crippen LogP contribution in [0.5, 0.6) is 0 Å². The smallest absolute Gasteiger partial charge is 0.245 e. The summed E-state index contributed by atoms with van der Waals surface area (Å²) in [4.78, 5) is 25.3. The summed E-state index contributed by atoms with van der Waals surface area (Å²) in [6.45, 7) is 4.33. The van der Waals surface area contributed by atoms with Gasteiger partial charge in [0.25, 0.3) is 0 Å². The van der Waals surface area contributed by atoms with E-state index in [1.165, 1.54) is 4.90 Å². The van der Waals surface area contributed by atoms with E-state index in [4.69, 9.17) is 0 Å². The maximum atomic E-state index is 12.0. The van der Waals surface area contributed by atoms with E-state index < -0.39 is 18.2 Å².